The van der Waals surface area contributed by atoms with Crippen LogP contribution in [0.3, 0.4) is 0 Å². The number of rotatable bonds is 3. The van der Waals surface area contributed by atoms with Crippen molar-refractivity contribution in [2.24, 2.45) is 0 Å². The Balaban J connectivity index is 1.86. The van der Waals surface area contributed by atoms with Crippen LogP contribution in [0.25, 0.3) is 0 Å². The van der Waals surface area contributed by atoms with Crippen molar-refractivity contribution in [3.63, 3.8) is 0 Å². The molecular weight excluding hydrogens is 328 g/mol. The summed E-state index contributed by atoms with van der Waals surface area (Å²) in [6, 6.07) is 3.30. The van der Waals surface area contributed by atoms with Crippen LogP contribution in [0, 0.1) is 0 Å². The Kier molecular flexibility index (Phi) is 4.84. The van der Waals surface area contributed by atoms with E-state index in [-0.39, 0.29) is 18.6 Å². The normalized spacial score (nSPS) is 15.1. The zero-order valence-corrected chi connectivity index (χ0v) is 12.5. The largest absolute Gasteiger partial charge is 0.445 e. The molecule has 1 fully saturated rings. The van der Waals surface area contributed by atoms with Crippen molar-refractivity contribution in [3.8, 4) is 0 Å². The first kappa shape index (κ1) is 14.6. The van der Waals surface area contributed by atoms with Crippen molar-refractivity contribution in [3.05, 3.63) is 35.2 Å². The number of halogens is 1. The van der Waals surface area contributed by atoms with Crippen LogP contribution in [0.2, 0.25) is 0 Å². The predicted molar refractivity (Wildman–Crippen MR) is 75.4 cm³/mol. The predicted octanol–water partition coefficient (Wildman–Crippen LogP) is 2.12. The van der Waals surface area contributed by atoms with Crippen LogP contribution < -0.4 is 0 Å². The summed E-state index contributed by atoms with van der Waals surface area (Å²) in [5, 5.41) is 0. The molecule has 0 atom stereocenters. The van der Waals surface area contributed by atoms with Gasteiger partial charge in [0.05, 0.1) is 0 Å². The van der Waals surface area contributed by atoms with Gasteiger partial charge in [0.25, 0.3) is 5.91 Å². The Hall–Kier alpha value is -1.76. The summed E-state index contributed by atoms with van der Waals surface area (Å²) in [6.07, 6.45) is 1.14. The van der Waals surface area contributed by atoms with Crippen LogP contribution in [0.1, 0.15) is 10.6 Å². The van der Waals surface area contributed by atoms with E-state index in [2.05, 4.69) is 22.5 Å². The second-order valence-corrected chi connectivity index (χ2v) is 5.03. The third kappa shape index (κ3) is 3.41. The molecule has 20 heavy (non-hydrogen) atoms. The molecule has 2 amide bonds. The van der Waals surface area contributed by atoms with Crippen molar-refractivity contribution >= 4 is 27.9 Å². The maximum atomic E-state index is 12.1. The lowest BCUT2D eigenvalue weighted by Gasteiger charge is -2.33. The molecule has 1 aliphatic heterocycles. The minimum Gasteiger partial charge on any atom is -0.445 e. The van der Waals surface area contributed by atoms with Gasteiger partial charge in [-0.05, 0) is 28.1 Å². The molecule has 0 unspecified atom stereocenters. The van der Waals surface area contributed by atoms with E-state index in [1.807, 2.05) is 0 Å². The van der Waals surface area contributed by atoms with Gasteiger partial charge in [0.15, 0.2) is 10.4 Å². The molecule has 1 aromatic heterocycles. The average Bonchev–Trinajstić information content (AvgIpc) is 2.90. The Morgan fingerprint density at radius 2 is 1.95 bits per heavy atom. The summed E-state index contributed by atoms with van der Waals surface area (Å²) >= 11 is 3.16. The van der Waals surface area contributed by atoms with E-state index in [0.717, 1.165) is 0 Å². The minimum absolute atomic E-state index is 0.171. The molecular formula is C13H15BrN2O4. The molecule has 2 rings (SSSR count). The first-order valence-electron chi connectivity index (χ1n) is 6.19. The molecule has 0 bridgehead atoms. The lowest BCUT2D eigenvalue weighted by atomic mass is 10.3. The van der Waals surface area contributed by atoms with Gasteiger partial charge in [0, 0.05) is 26.2 Å². The van der Waals surface area contributed by atoms with Crippen LogP contribution in [-0.4, -0.2) is 54.6 Å². The molecule has 1 saturated heterocycles. The molecule has 0 saturated carbocycles. The summed E-state index contributed by atoms with van der Waals surface area (Å²) < 4.78 is 10.7. The van der Waals surface area contributed by atoms with E-state index < -0.39 is 0 Å². The Bertz CT molecular complexity index is 506. The monoisotopic (exact) mass is 342 g/mol. The van der Waals surface area contributed by atoms with Gasteiger partial charge in [-0.15, -0.1) is 0 Å². The molecule has 108 valence electrons. The third-order valence-electron chi connectivity index (χ3n) is 2.93. The molecule has 1 aliphatic rings. The summed E-state index contributed by atoms with van der Waals surface area (Å²) in [6.45, 7) is 5.49. The van der Waals surface area contributed by atoms with Crippen molar-refractivity contribution in [1.29, 1.82) is 0 Å². The van der Waals surface area contributed by atoms with Gasteiger partial charge in [0.2, 0.25) is 0 Å². The van der Waals surface area contributed by atoms with Crippen molar-refractivity contribution in [2.75, 3.05) is 32.8 Å². The number of nitrogens with zero attached hydrogens (tertiary/aromatic N) is 2. The highest BCUT2D eigenvalue weighted by atomic mass is 79.9. The van der Waals surface area contributed by atoms with E-state index in [9.17, 15) is 9.59 Å². The SMILES string of the molecule is C=CCOC(=O)N1CCN(C(=O)c2ccc(Br)o2)CC1. The zero-order valence-electron chi connectivity index (χ0n) is 10.9. The van der Waals surface area contributed by atoms with Gasteiger partial charge >= 0.3 is 6.09 Å². The van der Waals surface area contributed by atoms with Crippen molar-refractivity contribution < 1.29 is 18.7 Å². The average molecular weight is 343 g/mol. The molecule has 0 N–H and O–H groups in total. The summed E-state index contributed by atoms with van der Waals surface area (Å²) in [7, 11) is 0. The number of ether oxygens (including phenoxy) is 1. The zero-order chi connectivity index (χ0) is 14.5. The number of furan rings is 1. The fraction of sp³-hybridized carbons (Fsp3) is 0.385. The number of hydrogen-bond acceptors (Lipinski definition) is 4. The first-order chi connectivity index (χ1) is 9.61. The highest BCUT2D eigenvalue weighted by Gasteiger charge is 2.26. The molecule has 0 spiro atoms. The fourth-order valence-electron chi connectivity index (χ4n) is 1.90. The highest BCUT2D eigenvalue weighted by Crippen LogP contribution is 2.16. The second-order valence-electron chi connectivity index (χ2n) is 4.25. The van der Waals surface area contributed by atoms with E-state index in [1.165, 1.54) is 6.08 Å². The lowest BCUT2D eigenvalue weighted by molar-refractivity contribution is 0.0554. The number of hydrogen-bond donors (Lipinski definition) is 0. The smallest absolute Gasteiger partial charge is 0.410 e. The number of piperazine rings is 1. The Morgan fingerprint density at radius 1 is 1.30 bits per heavy atom. The van der Waals surface area contributed by atoms with E-state index in [4.69, 9.17) is 9.15 Å². The number of carbonyl (C=O) groups is 2. The molecule has 0 aromatic carbocycles. The molecule has 0 radical (unpaired) electrons. The Morgan fingerprint density at radius 3 is 2.50 bits per heavy atom. The molecule has 1 aromatic rings. The second kappa shape index (κ2) is 6.60. The third-order valence-corrected chi connectivity index (χ3v) is 3.36. The Labute approximate surface area is 125 Å². The van der Waals surface area contributed by atoms with Crippen molar-refractivity contribution in [2.45, 2.75) is 0 Å². The lowest BCUT2D eigenvalue weighted by Crippen LogP contribution is -2.50. The molecule has 0 aliphatic carbocycles. The number of carbonyl (C=O) groups excluding carboxylic acids is 2. The molecule has 6 nitrogen and oxygen atoms in total. The fourth-order valence-corrected chi connectivity index (χ4v) is 2.21. The van der Waals surface area contributed by atoms with Gasteiger partial charge < -0.3 is 19.0 Å². The topological polar surface area (TPSA) is 63.0 Å². The van der Waals surface area contributed by atoms with Crippen LogP contribution >= 0.6 is 15.9 Å². The first-order valence-corrected chi connectivity index (χ1v) is 6.98. The standard InChI is InChI=1S/C13H15BrN2O4/c1-2-9-19-13(18)16-7-5-15(6-8-16)12(17)10-3-4-11(14)20-10/h2-4H,1,5-9H2. The van der Waals surface area contributed by atoms with Crippen molar-refractivity contribution in [1.82, 2.24) is 9.80 Å². The summed E-state index contributed by atoms with van der Waals surface area (Å²) in [4.78, 5) is 27.0. The van der Waals surface area contributed by atoms with Crippen LogP contribution in [0.5, 0.6) is 0 Å². The number of amides is 2. The van der Waals surface area contributed by atoms with E-state index in [0.29, 0.717) is 36.6 Å². The van der Waals surface area contributed by atoms with Gasteiger partial charge in [-0.3, -0.25) is 4.79 Å². The summed E-state index contributed by atoms with van der Waals surface area (Å²) in [5.74, 6) is 0.120. The van der Waals surface area contributed by atoms with E-state index >= 15 is 0 Å². The summed E-state index contributed by atoms with van der Waals surface area (Å²) in [5.41, 5.74) is 0. The maximum absolute atomic E-state index is 12.1. The van der Waals surface area contributed by atoms with Crippen LogP contribution in [0.4, 0.5) is 4.79 Å². The maximum Gasteiger partial charge on any atom is 0.410 e. The van der Waals surface area contributed by atoms with Gasteiger partial charge in [0.1, 0.15) is 6.61 Å². The van der Waals surface area contributed by atoms with Gasteiger partial charge in [-0.25, -0.2) is 4.79 Å². The van der Waals surface area contributed by atoms with Crippen LogP contribution in [0.15, 0.2) is 33.9 Å². The van der Waals surface area contributed by atoms with Gasteiger partial charge in [-0.1, -0.05) is 12.7 Å². The highest BCUT2D eigenvalue weighted by molar-refractivity contribution is 9.10. The van der Waals surface area contributed by atoms with Crippen LogP contribution in [-0.2, 0) is 4.74 Å². The van der Waals surface area contributed by atoms with E-state index in [1.54, 1.807) is 21.9 Å². The molecule has 7 heteroatoms. The van der Waals surface area contributed by atoms with Gasteiger partial charge in [-0.2, -0.15) is 0 Å². The minimum atomic E-state index is -0.377. The quantitative estimate of drug-likeness (QED) is 0.789. The molecule has 2 heterocycles.